The van der Waals surface area contributed by atoms with Crippen LogP contribution >= 0.6 is 0 Å². The molecule has 1 aromatic rings. The maximum atomic E-state index is 5.54. The van der Waals surface area contributed by atoms with Crippen molar-refractivity contribution in [1.82, 2.24) is 9.80 Å². The summed E-state index contributed by atoms with van der Waals surface area (Å²) in [5.41, 5.74) is 1.24. The van der Waals surface area contributed by atoms with Crippen molar-refractivity contribution < 1.29 is 14.2 Å². The minimum Gasteiger partial charge on any atom is -0.493 e. The monoisotopic (exact) mass is 304 g/mol. The summed E-state index contributed by atoms with van der Waals surface area (Å²) in [5, 5.41) is 0. The second kappa shape index (κ2) is 5.63. The molecule has 5 nitrogen and oxygen atoms in total. The van der Waals surface area contributed by atoms with Crippen molar-refractivity contribution in [3.8, 4) is 17.2 Å². The van der Waals surface area contributed by atoms with Gasteiger partial charge in [-0.05, 0) is 44.0 Å². The molecule has 3 heterocycles. The van der Waals surface area contributed by atoms with Crippen LogP contribution in [-0.2, 0) is 6.54 Å². The van der Waals surface area contributed by atoms with E-state index >= 15 is 0 Å². The van der Waals surface area contributed by atoms with Gasteiger partial charge in [-0.1, -0.05) is 0 Å². The summed E-state index contributed by atoms with van der Waals surface area (Å²) in [6, 6.07) is 5.51. The first kappa shape index (κ1) is 14.2. The lowest BCUT2D eigenvalue weighted by molar-refractivity contribution is 0.0470. The number of piperazine rings is 1. The van der Waals surface area contributed by atoms with Crippen LogP contribution in [0.2, 0.25) is 0 Å². The highest BCUT2D eigenvalue weighted by Crippen LogP contribution is 2.42. The summed E-state index contributed by atoms with van der Waals surface area (Å²) < 4.78 is 16.5. The fraction of sp³-hybridized carbons (Fsp3) is 0.647. The fourth-order valence-electron chi connectivity index (χ4n) is 4.11. The second-order valence-corrected chi connectivity index (χ2v) is 6.49. The normalized spacial score (nSPS) is 27.9. The van der Waals surface area contributed by atoms with Gasteiger partial charge < -0.3 is 14.2 Å². The Morgan fingerprint density at radius 2 is 2.14 bits per heavy atom. The van der Waals surface area contributed by atoms with E-state index in [2.05, 4.69) is 28.9 Å². The molecule has 1 aromatic carbocycles. The van der Waals surface area contributed by atoms with E-state index in [1.807, 2.05) is 0 Å². The maximum absolute atomic E-state index is 5.54. The van der Waals surface area contributed by atoms with E-state index in [0.717, 1.165) is 36.4 Å². The van der Waals surface area contributed by atoms with Crippen molar-refractivity contribution >= 4 is 0 Å². The Bertz CT molecular complexity index is 563. The van der Waals surface area contributed by atoms with Gasteiger partial charge in [0.2, 0.25) is 12.5 Å². The van der Waals surface area contributed by atoms with E-state index in [1.165, 1.54) is 31.5 Å². The molecule has 0 bridgehead atoms. The highest BCUT2D eigenvalue weighted by molar-refractivity contribution is 5.55. The number of hydrogen-bond acceptors (Lipinski definition) is 5. The standard InChI is InChI=1S/C17H24N2O3/c1-12-14-4-3-5-18(14)6-7-19(12)10-13-8-15(20-2)17-16(9-13)21-11-22-17/h8-9,12,14H,3-7,10-11H2,1-2H3. The predicted octanol–water partition coefficient (Wildman–Crippen LogP) is 2.09. The molecular formula is C17H24N2O3. The number of nitrogens with zero attached hydrogens (tertiary/aromatic N) is 2. The van der Waals surface area contributed by atoms with Crippen molar-refractivity contribution in [3.05, 3.63) is 17.7 Å². The van der Waals surface area contributed by atoms with E-state index in [1.54, 1.807) is 7.11 Å². The first-order chi connectivity index (χ1) is 10.8. The Kier molecular flexibility index (Phi) is 3.62. The molecule has 22 heavy (non-hydrogen) atoms. The van der Waals surface area contributed by atoms with E-state index in [9.17, 15) is 0 Å². The Morgan fingerprint density at radius 1 is 1.23 bits per heavy atom. The number of ether oxygens (including phenoxy) is 3. The first-order valence-corrected chi connectivity index (χ1v) is 8.21. The summed E-state index contributed by atoms with van der Waals surface area (Å²) in [7, 11) is 1.68. The average Bonchev–Trinajstić information content (AvgIpc) is 3.18. The van der Waals surface area contributed by atoms with Crippen LogP contribution in [0, 0.1) is 0 Å². The minimum atomic E-state index is 0.284. The molecule has 0 N–H and O–H groups in total. The molecule has 4 rings (SSSR count). The van der Waals surface area contributed by atoms with Gasteiger partial charge in [0.1, 0.15) is 0 Å². The smallest absolute Gasteiger partial charge is 0.231 e. The first-order valence-electron chi connectivity index (χ1n) is 8.21. The molecule has 0 aromatic heterocycles. The molecule has 2 atom stereocenters. The van der Waals surface area contributed by atoms with Crippen molar-refractivity contribution in [3.63, 3.8) is 0 Å². The SMILES string of the molecule is COc1cc(CN2CCN3CCCC3C2C)cc2c1OCO2. The lowest BCUT2D eigenvalue weighted by Gasteiger charge is -2.43. The molecule has 2 unspecified atom stereocenters. The second-order valence-electron chi connectivity index (χ2n) is 6.49. The summed E-state index contributed by atoms with van der Waals surface area (Å²) >= 11 is 0. The zero-order chi connectivity index (χ0) is 15.1. The highest BCUT2D eigenvalue weighted by Gasteiger charge is 2.36. The van der Waals surface area contributed by atoms with Crippen LogP contribution in [0.5, 0.6) is 17.2 Å². The Balaban J connectivity index is 1.53. The van der Waals surface area contributed by atoms with Gasteiger partial charge in [0.05, 0.1) is 7.11 Å². The van der Waals surface area contributed by atoms with Crippen LogP contribution in [-0.4, -0.2) is 55.4 Å². The molecule has 5 heteroatoms. The maximum Gasteiger partial charge on any atom is 0.231 e. The Morgan fingerprint density at radius 3 is 3.00 bits per heavy atom. The zero-order valence-corrected chi connectivity index (χ0v) is 13.4. The fourth-order valence-corrected chi connectivity index (χ4v) is 4.11. The van der Waals surface area contributed by atoms with E-state index in [4.69, 9.17) is 14.2 Å². The number of methoxy groups -OCH3 is 1. The van der Waals surface area contributed by atoms with Gasteiger partial charge in [-0.25, -0.2) is 0 Å². The Labute approximate surface area is 131 Å². The van der Waals surface area contributed by atoms with Crippen molar-refractivity contribution in [2.75, 3.05) is 33.5 Å². The van der Waals surface area contributed by atoms with Crippen LogP contribution in [0.4, 0.5) is 0 Å². The van der Waals surface area contributed by atoms with Crippen LogP contribution in [0.15, 0.2) is 12.1 Å². The molecule has 3 aliphatic rings. The van der Waals surface area contributed by atoms with E-state index < -0.39 is 0 Å². The molecule has 0 radical (unpaired) electrons. The quantitative estimate of drug-likeness (QED) is 0.854. The van der Waals surface area contributed by atoms with Crippen LogP contribution < -0.4 is 14.2 Å². The molecule has 2 saturated heterocycles. The summed E-state index contributed by atoms with van der Waals surface area (Å²) in [5.74, 6) is 2.32. The van der Waals surface area contributed by atoms with Gasteiger partial charge in [-0.15, -0.1) is 0 Å². The van der Waals surface area contributed by atoms with Gasteiger partial charge >= 0.3 is 0 Å². The molecule has 0 spiro atoms. The van der Waals surface area contributed by atoms with Crippen LogP contribution in [0.3, 0.4) is 0 Å². The van der Waals surface area contributed by atoms with Gasteiger partial charge in [-0.2, -0.15) is 0 Å². The average molecular weight is 304 g/mol. The van der Waals surface area contributed by atoms with Crippen molar-refractivity contribution in [2.45, 2.75) is 38.4 Å². The van der Waals surface area contributed by atoms with Gasteiger partial charge in [0.15, 0.2) is 11.5 Å². The lowest BCUT2D eigenvalue weighted by atomic mass is 10.0. The van der Waals surface area contributed by atoms with Crippen molar-refractivity contribution in [2.24, 2.45) is 0 Å². The largest absolute Gasteiger partial charge is 0.493 e. The minimum absolute atomic E-state index is 0.284. The van der Waals surface area contributed by atoms with Gasteiger partial charge in [0, 0.05) is 31.7 Å². The summed E-state index contributed by atoms with van der Waals surface area (Å²) in [6.07, 6.45) is 2.68. The third kappa shape index (κ3) is 2.32. The third-order valence-electron chi connectivity index (χ3n) is 5.33. The lowest BCUT2D eigenvalue weighted by Crippen LogP contribution is -2.55. The third-order valence-corrected chi connectivity index (χ3v) is 5.33. The predicted molar refractivity (Wildman–Crippen MR) is 83.6 cm³/mol. The van der Waals surface area contributed by atoms with Gasteiger partial charge in [-0.3, -0.25) is 9.80 Å². The van der Waals surface area contributed by atoms with Gasteiger partial charge in [0.25, 0.3) is 0 Å². The molecule has 2 fully saturated rings. The summed E-state index contributed by atoms with van der Waals surface area (Å²) in [6.45, 7) is 7.20. The topological polar surface area (TPSA) is 34.2 Å². The molecule has 0 amide bonds. The van der Waals surface area contributed by atoms with Crippen LogP contribution in [0.1, 0.15) is 25.3 Å². The zero-order valence-electron chi connectivity index (χ0n) is 13.4. The molecule has 0 aliphatic carbocycles. The number of benzene rings is 1. The summed E-state index contributed by atoms with van der Waals surface area (Å²) in [4.78, 5) is 5.24. The number of fused-ring (bicyclic) bond motifs is 2. The van der Waals surface area contributed by atoms with E-state index in [0.29, 0.717) is 6.04 Å². The molecule has 3 aliphatic heterocycles. The van der Waals surface area contributed by atoms with E-state index in [-0.39, 0.29) is 6.79 Å². The number of hydrogen-bond donors (Lipinski definition) is 0. The molecular weight excluding hydrogens is 280 g/mol. The van der Waals surface area contributed by atoms with Crippen LogP contribution in [0.25, 0.3) is 0 Å². The molecule has 0 saturated carbocycles. The van der Waals surface area contributed by atoms with Crippen molar-refractivity contribution in [1.29, 1.82) is 0 Å². The molecule has 120 valence electrons. The Hall–Kier alpha value is -1.46. The highest BCUT2D eigenvalue weighted by atomic mass is 16.7. The number of rotatable bonds is 3.